The predicted octanol–water partition coefficient (Wildman–Crippen LogP) is 0.603. The quantitative estimate of drug-likeness (QED) is 0.612. The molecule has 2 aromatic rings. The van der Waals surface area contributed by atoms with Crippen LogP contribution in [0.2, 0.25) is 0 Å². The summed E-state index contributed by atoms with van der Waals surface area (Å²) in [5.74, 6) is 8.52. The minimum Gasteiger partial charge on any atom is -0.502 e. The fourth-order valence-electron chi connectivity index (χ4n) is 2.15. The van der Waals surface area contributed by atoms with Crippen molar-refractivity contribution >= 4 is 21.4 Å². The third kappa shape index (κ3) is 7.09. The lowest BCUT2D eigenvalue weighted by Crippen LogP contribution is -2.14. The Morgan fingerprint density at radius 2 is 1.90 bits per heavy atom. The number of amides is 1. The number of hydrogen-bond donors (Lipinski definition) is 3. The third-order valence-corrected chi connectivity index (χ3v) is 4.27. The lowest BCUT2D eigenvalue weighted by Gasteiger charge is -2.09. The monoisotopic (exact) mass is 414 g/mol. The molecule has 0 saturated heterocycles. The van der Waals surface area contributed by atoms with E-state index < -0.39 is 32.7 Å². The summed E-state index contributed by atoms with van der Waals surface area (Å²) in [6, 6.07) is 7.82. The van der Waals surface area contributed by atoms with E-state index in [-0.39, 0.29) is 18.1 Å². The Morgan fingerprint density at radius 1 is 1.21 bits per heavy atom. The van der Waals surface area contributed by atoms with E-state index in [1.54, 1.807) is 24.3 Å². The van der Waals surface area contributed by atoms with Crippen molar-refractivity contribution in [3.8, 4) is 29.4 Å². The largest absolute Gasteiger partial charge is 0.502 e. The van der Waals surface area contributed by atoms with E-state index in [4.69, 9.17) is 4.42 Å². The first-order chi connectivity index (χ1) is 13.7. The average Bonchev–Trinajstić information content (AvgIpc) is 2.66. The van der Waals surface area contributed by atoms with E-state index in [9.17, 15) is 23.1 Å². The fraction of sp³-hybridized carbons (Fsp3) is 0.200. The molecular weight excluding hydrogens is 396 g/mol. The molecule has 1 aromatic carbocycles. The number of sulfone groups is 1. The van der Waals surface area contributed by atoms with Gasteiger partial charge in [-0.1, -0.05) is 5.92 Å². The molecular formula is C20H18N2O6S. The topological polar surface area (TPSA) is 126 Å². The molecule has 0 atom stereocenters. The van der Waals surface area contributed by atoms with Crippen LogP contribution in [0.3, 0.4) is 0 Å². The summed E-state index contributed by atoms with van der Waals surface area (Å²) in [6.45, 7) is -0.0265. The van der Waals surface area contributed by atoms with Crippen LogP contribution < -0.4 is 16.1 Å². The maximum absolute atomic E-state index is 11.8. The zero-order valence-corrected chi connectivity index (χ0v) is 16.5. The van der Waals surface area contributed by atoms with Crippen molar-refractivity contribution in [1.82, 2.24) is 5.32 Å². The molecule has 9 heteroatoms. The maximum atomic E-state index is 11.8. The summed E-state index contributed by atoms with van der Waals surface area (Å²) in [6.07, 6.45) is 1.02. The number of carbonyl (C=O) groups is 1. The van der Waals surface area contributed by atoms with Crippen LogP contribution in [0.4, 0.5) is 5.69 Å². The van der Waals surface area contributed by atoms with E-state index >= 15 is 0 Å². The molecule has 1 aromatic heterocycles. The van der Waals surface area contributed by atoms with E-state index in [1.807, 2.05) is 0 Å². The van der Waals surface area contributed by atoms with Crippen LogP contribution in [0.15, 0.2) is 39.5 Å². The van der Waals surface area contributed by atoms with Gasteiger partial charge in [0.2, 0.25) is 11.2 Å². The Labute approximate surface area is 167 Å². The number of benzene rings is 1. The summed E-state index contributed by atoms with van der Waals surface area (Å²) in [7, 11) is -1.92. The van der Waals surface area contributed by atoms with Gasteiger partial charge < -0.3 is 20.2 Å². The summed E-state index contributed by atoms with van der Waals surface area (Å²) in [4.78, 5) is 22.8. The van der Waals surface area contributed by atoms with Crippen LogP contribution in [0.5, 0.6) is 5.75 Å². The summed E-state index contributed by atoms with van der Waals surface area (Å²) >= 11 is 0. The highest BCUT2D eigenvalue weighted by molar-refractivity contribution is 7.89. The molecule has 0 aliphatic carbocycles. The molecule has 0 unspecified atom stereocenters. The minimum atomic E-state index is -3.39. The molecule has 150 valence electrons. The van der Waals surface area contributed by atoms with Crippen molar-refractivity contribution in [3.05, 3.63) is 57.6 Å². The first-order valence-electron chi connectivity index (χ1n) is 8.28. The normalized spacial score (nSPS) is 10.1. The standard InChI is InChI=1S/C20H18N2O6S/c1-21-19(24)6-4-3-5-14-7-9-15(10-8-14)22-12-18-20(25)17(23)11-16(28-18)13-29(2,26)27/h7-11,22,25H,12-13H2,1-2H3,(H,21,24). The van der Waals surface area contributed by atoms with Gasteiger partial charge in [-0.15, -0.1) is 0 Å². The molecule has 8 nitrogen and oxygen atoms in total. The van der Waals surface area contributed by atoms with Crippen molar-refractivity contribution in [2.75, 3.05) is 18.6 Å². The predicted molar refractivity (Wildman–Crippen MR) is 108 cm³/mol. The van der Waals surface area contributed by atoms with Crippen LogP contribution >= 0.6 is 0 Å². The fourth-order valence-corrected chi connectivity index (χ4v) is 2.80. The molecule has 0 saturated carbocycles. The molecule has 0 aliphatic heterocycles. The van der Waals surface area contributed by atoms with E-state index in [1.165, 1.54) is 7.05 Å². The number of anilines is 1. The van der Waals surface area contributed by atoms with Crippen molar-refractivity contribution in [2.45, 2.75) is 12.3 Å². The number of rotatable bonds is 5. The molecule has 3 N–H and O–H groups in total. The number of nitrogens with one attached hydrogen (secondary N) is 2. The van der Waals surface area contributed by atoms with Crippen molar-refractivity contribution in [3.63, 3.8) is 0 Å². The van der Waals surface area contributed by atoms with Gasteiger partial charge in [0.25, 0.3) is 5.91 Å². The molecule has 0 aliphatic rings. The van der Waals surface area contributed by atoms with E-state index in [0.29, 0.717) is 11.3 Å². The first kappa shape index (κ1) is 21.6. The zero-order chi connectivity index (χ0) is 21.4. The van der Waals surface area contributed by atoms with Crippen molar-refractivity contribution in [1.29, 1.82) is 0 Å². The van der Waals surface area contributed by atoms with Gasteiger partial charge in [0, 0.05) is 36.5 Å². The van der Waals surface area contributed by atoms with Gasteiger partial charge in [0.05, 0.1) is 6.54 Å². The Balaban J connectivity index is 2.08. The smallest absolute Gasteiger partial charge is 0.296 e. The van der Waals surface area contributed by atoms with Gasteiger partial charge in [0.15, 0.2) is 15.6 Å². The average molecular weight is 414 g/mol. The van der Waals surface area contributed by atoms with Crippen LogP contribution in [0.1, 0.15) is 17.1 Å². The highest BCUT2D eigenvalue weighted by Gasteiger charge is 2.14. The molecule has 0 bridgehead atoms. The van der Waals surface area contributed by atoms with E-state index in [0.717, 1.165) is 12.3 Å². The van der Waals surface area contributed by atoms with Crippen molar-refractivity contribution < 1.29 is 22.7 Å². The van der Waals surface area contributed by atoms with Gasteiger partial charge in [-0.2, -0.15) is 0 Å². The molecule has 29 heavy (non-hydrogen) atoms. The van der Waals surface area contributed by atoms with E-state index in [2.05, 4.69) is 34.3 Å². The second-order valence-corrected chi connectivity index (χ2v) is 8.07. The lowest BCUT2D eigenvalue weighted by molar-refractivity contribution is -0.115. The minimum absolute atomic E-state index is 0.0265. The first-order valence-corrected chi connectivity index (χ1v) is 10.3. The summed E-state index contributed by atoms with van der Waals surface area (Å²) < 4.78 is 28.1. The zero-order valence-electron chi connectivity index (χ0n) is 15.7. The van der Waals surface area contributed by atoms with Crippen molar-refractivity contribution in [2.24, 2.45) is 0 Å². The van der Waals surface area contributed by atoms with Gasteiger partial charge >= 0.3 is 0 Å². The highest BCUT2D eigenvalue weighted by Crippen LogP contribution is 2.18. The van der Waals surface area contributed by atoms with Crippen LogP contribution in [0, 0.1) is 23.7 Å². The summed E-state index contributed by atoms with van der Waals surface area (Å²) in [5.41, 5.74) is 0.615. The number of hydrogen-bond acceptors (Lipinski definition) is 7. The van der Waals surface area contributed by atoms with Crippen LogP contribution in [-0.4, -0.2) is 32.7 Å². The maximum Gasteiger partial charge on any atom is 0.296 e. The molecule has 0 radical (unpaired) electrons. The van der Waals surface area contributed by atoms with Gasteiger partial charge in [0.1, 0.15) is 11.5 Å². The number of aromatic hydroxyl groups is 1. The Kier molecular flexibility index (Phi) is 7.07. The number of carbonyl (C=O) groups excluding carboxylic acids is 1. The molecule has 2 rings (SSSR count). The second kappa shape index (κ2) is 9.49. The third-order valence-electron chi connectivity index (χ3n) is 3.46. The van der Waals surface area contributed by atoms with Crippen LogP contribution in [0.25, 0.3) is 0 Å². The lowest BCUT2D eigenvalue weighted by atomic mass is 10.2. The Morgan fingerprint density at radius 3 is 2.52 bits per heavy atom. The highest BCUT2D eigenvalue weighted by atomic mass is 32.2. The summed E-state index contributed by atoms with van der Waals surface area (Å²) in [5, 5.41) is 15.2. The molecule has 1 amide bonds. The molecule has 1 heterocycles. The second-order valence-electron chi connectivity index (χ2n) is 5.93. The molecule has 0 fully saturated rings. The van der Waals surface area contributed by atoms with Gasteiger partial charge in [-0.3, -0.25) is 9.59 Å². The Hall–Kier alpha value is -3.69. The van der Waals surface area contributed by atoms with Gasteiger partial charge in [-0.25, -0.2) is 8.42 Å². The van der Waals surface area contributed by atoms with Gasteiger partial charge in [-0.05, 0) is 36.1 Å². The molecule has 0 spiro atoms. The Bertz CT molecular complexity index is 1190. The van der Waals surface area contributed by atoms with Crippen LogP contribution in [-0.2, 0) is 26.9 Å². The SMILES string of the molecule is CNC(=O)C#CC#Cc1ccc(NCc2oc(CS(C)(=O)=O)cc(=O)c2O)cc1.